The molecule has 1 N–H and O–H groups in total. The van der Waals surface area contributed by atoms with E-state index in [4.69, 9.17) is 0 Å². The summed E-state index contributed by atoms with van der Waals surface area (Å²) in [4.78, 5) is 4.09. The molecule has 15 heavy (non-hydrogen) atoms. The summed E-state index contributed by atoms with van der Waals surface area (Å²) in [7, 11) is 0. The summed E-state index contributed by atoms with van der Waals surface area (Å²) >= 11 is 0. The van der Waals surface area contributed by atoms with Gasteiger partial charge in [0.15, 0.2) is 0 Å². The van der Waals surface area contributed by atoms with Crippen molar-refractivity contribution in [2.24, 2.45) is 0 Å². The summed E-state index contributed by atoms with van der Waals surface area (Å²) in [5, 5.41) is 3.45. The largest absolute Gasteiger partial charge is 0.383 e. The molecule has 3 nitrogen and oxygen atoms in total. The van der Waals surface area contributed by atoms with Crippen LogP contribution in [0.25, 0.3) is 0 Å². The highest BCUT2D eigenvalue weighted by molar-refractivity contribution is 5.53. The average Bonchev–Trinajstić information content (AvgIpc) is 2.82. The lowest BCUT2D eigenvalue weighted by Gasteiger charge is -2.26. The van der Waals surface area contributed by atoms with Gasteiger partial charge in [0.1, 0.15) is 0 Å². The van der Waals surface area contributed by atoms with E-state index in [0.717, 1.165) is 13.0 Å². The first-order chi connectivity index (χ1) is 7.43. The zero-order valence-corrected chi connectivity index (χ0v) is 8.43. The maximum absolute atomic E-state index is 4.09. The number of hydrogen-bond donors (Lipinski definition) is 1. The second kappa shape index (κ2) is 3.42. The molecule has 76 valence electrons. The van der Waals surface area contributed by atoms with E-state index >= 15 is 0 Å². The highest BCUT2D eigenvalue weighted by Crippen LogP contribution is 2.26. The number of aromatic nitrogens is 2. The molecule has 0 radical (unpaired) electrons. The van der Waals surface area contributed by atoms with Crippen molar-refractivity contribution in [1.29, 1.82) is 0 Å². The van der Waals surface area contributed by atoms with Crippen molar-refractivity contribution in [3.8, 4) is 0 Å². The molecule has 1 aromatic heterocycles. The van der Waals surface area contributed by atoms with Gasteiger partial charge < -0.3 is 9.88 Å². The van der Waals surface area contributed by atoms with E-state index < -0.39 is 0 Å². The van der Waals surface area contributed by atoms with Crippen molar-refractivity contribution in [3.63, 3.8) is 0 Å². The van der Waals surface area contributed by atoms with Crippen LogP contribution in [-0.2, 0) is 6.42 Å². The molecule has 1 aromatic carbocycles. The number of hydrogen-bond acceptors (Lipinski definition) is 2. The molecule has 0 bridgehead atoms. The molecule has 2 heterocycles. The average molecular weight is 199 g/mol. The van der Waals surface area contributed by atoms with Crippen LogP contribution in [0.5, 0.6) is 0 Å². The van der Waals surface area contributed by atoms with Crippen molar-refractivity contribution in [2.45, 2.75) is 12.5 Å². The molecule has 2 aromatic rings. The molecule has 1 atom stereocenters. The number of para-hydroxylation sites is 1. The van der Waals surface area contributed by atoms with Gasteiger partial charge in [-0.1, -0.05) is 18.2 Å². The summed E-state index contributed by atoms with van der Waals surface area (Å²) in [6, 6.07) is 8.98. The van der Waals surface area contributed by atoms with Crippen LogP contribution in [0.3, 0.4) is 0 Å². The highest BCUT2D eigenvalue weighted by atomic mass is 15.1. The molecule has 1 aliphatic rings. The van der Waals surface area contributed by atoms with Gasteiger partial charge >= 0.3 is 0 Å². The SMILES string of the molecule is c1ccc2c(c1)C[C@H](n1ccnc1)CN2. The van der Waals surface area contributed by atoms with E-state index in [2.05, 4.69) is 39.1 Å². The first kappa shape index (κ1) is 8.53. The van der Waals surface area contributed by atoms with Gasteiger partial charge in [-0.05, 0) is 18.1 Å². The molecule has 3 rings (SSSR count). The molecule has 0 aliphatic carbocycles. The van der Waals surface area contributed by atoms with Gasteiger partial charge in [0.05, 0.1) is 12.4 Å². The number of rotatable bonds is 1. The molecule has 0 fully saturated rings. The second-order valence-corrected chi connectivity index (χ2v) is 3.91. The van der Waals surface area contributed by atoms with Gasteiger partial charge in [-0.15, -0.1) is 0 Å². The summed E-state index contributed by atoms with van der Waals surface area (Å²) < 4.78 is 2.17. The van der Waals surface area contributed by atoms with Crippen LogP contribution in [0, 0.1) is 0 Å². The third kappa shape index (κ3) is 1.50. The summed E-state index contributed by atoms with van der Waals surface area (Å²) in [6.07, 6.45) is 6.83. The Balaban J connectivity index is 1.89. The lowest BCUT2D eigenvalue weighted by atomic mass is 10.00. The van der Waals surface area contributed by atoms with Crippen molar-refractivity contribution >= 4 is 5.69 Å². The maximum atomic E-state index is 4.09. The van der Waals surface area contributed by atoms with E-state index in [1.807, 2.05) is 18.7 Å². The van der Waals surface area contributed by atoms with Crippen LogP contribution in [0.4, 0.5) is 5.69 Å². The van der Waals surface area contributed by atoms with E-state index in [9.17, 15) is 0 Å². The molecule has 1 aliphatic heterocycles. The lowest BCUT2D eigenvalue weighted by molar-refractivity contribution is 0.510. The fourth-order valence-electron chi connectivity index (χ4n) is 2.12. The van der Waals surface area contributed by atoms with Gasteiger partial charge in [0.25, 0.3) is 0 Å². The fourth-order valence-corrected chi connectivity index (χ4v) is 2.12. The molecule has 0 amide bonds. The zero-order chi connectivity index (χ0) is 10.1. The highest BCUT2D eigenvalue weighted by Gasteiger charge is 2.18. The molecule has 0 saturated carbocycles. The van der Waals surface area contributed by atoms with Crippen LogP contribution in [0.2, 0.25) is 0 Å². The Hall–Kier alpha value is -1.77. The van der Waals surface area contributed by atoms with Gasteiger partial charge in [-0.3, -0.25) is 0 Å². The van der Waals surface area contributed by atoms with Crippen LogP contribution in [0.1, 0.15) is 11.6 Å². The number of anilines is 1. The number of fused-ring (bicyclic) bond motifs is 1. The van der Waals surface area contributed by atoms with Crippen molar-refractivity contribution < 1.29 is 0 Å². The first-order valence-electron chi connectivity index (χ1n) is 5.23. The van der Waals surface area contributed by atoms with E-state index in [1.54, 1.807) is 0 Å². The molecule has 0 saturated heterocycles. The smallest absolute Gasteiger partial charge is 0.0949 e. The van der Waals surface area contributed by atoms with Gasteiger partial charge in [0, 0.05) is 24.6 Å². The van der Waals surface area contributed by atoms with Crippen molar-refractivity contribution in [3.05, 3.63) is 48.5 Å². The Labute approximate surface area is 88.8 Å². The predicted molar refractivity (Wildman–Crippen MR) is 59.9 cm³/mol. The van der Waals surface area contributed by atoms with Crippen LogP contribution >= 0.6 is 0 Å². The minimum atomic E-state index is 0.488. The summed E-state index contributed by atoms with van der Waals surface area (Å²) in [5.41, 5.74) is 2.66. The third-order valence-electron chi connectivity index (χ3n) is 2.95. The monoisotopic (exact) mass is 199 g/mol. The third-order valence-corrected chi connectivity index (χ3v) is 2.95. The van der Waals surface area contributed by atoms with Gasteiger partial charge in [-0.25, -0.2) is 4.98 Å². The van der Waals surface area contributed by atoms with E-state index in [-0.39, 0.29) is 0 Å². The van der Waals surface area contributed by atoms with Crippen molar-refractivity contribution in [1.82, 2.24) is 9.55 Å². The standard InChI is InChI=1S/C12H13N3/c1-2-4-12-10(3-1)7-11(8-14-12)15-6-5-13-9-15/h1-6,9,11,14H,7-8H2/t11-/m0/s1. The first-order valence-corrected chi connectivity index (χ1v) is 5.23. The summed E-state index contributed by atoms with van der Waals surface area (Å²) in [5.74, 6) is 0. The van der Waals surface area contributed by atoms with Crippen LogP contribution in [0.15, 0.2) is 43.0 Å². The minimum absolute atomic E-state index is 0.488. The minimum Gasteiger partial charge on any atom is -0.383 e. The molecular formula is C12H13N3. The topological polar surface area (TPSA) is 29.9 Å². The number of benzene rings is 1. The zero-order valence-electron chi connectivity index (χ0n) is 8.43. The number of nitrogens with zero attached hydrogens (tertiary/aromatic N) is 2. The maximum Gasteiger partial charge on any atom is 0.0949 e. The normalized spacial score (nSPS) is 19.3. The quantitative estimate of drug-likeness (QED) is 0.762. The van der Waals surface area contributed by atoms with Crippen LogP contribution in [-0.4, -0.2) is 16.1 Å². The summed E-state index contributed by atoms with van der Waals surface area (Å²) in [6.45, 7) is 0.980. The fraction of sp³-hybridized carbons (Fsp3) is 0.250. The Morgan fingerprint density at radius 2 is 2.27 bits per heavy atom. The van der Waals surface area contributed by atoms with Crippen molar-refractivity contribution in [2.75, 3.05) is 11.9 Å². The number of imidazole rings is 1. The lowest BCUT2D eigenvalue weighted by Crippen LogP contribution is -2.25. The predicted octanol–water partition coefficient (Wildman–Crippen LogP) is 2.09. The Morgan fingerprint density at radius 3 is 3.13 bits per heavy atom. The van der Waals surface area contributed by atoms with E-state index in [1.165, 1.54) is 11.3 Å². The second-order valence-electron chi connectivity index (χ2n) is 3.91. The Kier molecular flexibility index (Phi) is 1.95. The molecule has 0 spiro atoms. The van der Waals surface area contributed by atoms with Gasteiger partial charge in [0.2, 0.25) is 0 Å². The molecule has 0 unspecified atom stereocenters. The molecule has 3 heteroatoms. The Bertz CT molecular complexity index is 448. The van der Waals surface area contributed by atoms with E-state index in [0.29, 0.717) is 6.04 Å². The van der Waals surface area contributed by atoms with Crippen LogP contribution < -0.4 is 5.32 Å². The number of nitrogens with one attached hydrogen (secondary N) is 1. The molecular weight excluding hydrogens is 186 g/mol. The Morgan fingerprint density at radius 1 is 1.33 bits per heavy atom. The van der Waals surface area contributed by atoms with Gasteiger partial charge in [-0.2, -0.15) is 0 Å².